The molecule has 4 nitrogen and oxygen atoms in total. The lowest BCUT2D eigenvalue weighted by Crippen LogP contribution is -1.95. The van der Waals surface area contributed by atoms with Crippen molar-refractivity contribution in [1.29, 1.82) is 0 Å². The third-order valence-corrected chi connectivity index (χ3v) is 3.95. The van der Waals surface area contributed by atoms with E-state index in [2.05, 4.69) is 11.4 Å². The maximum absolute atomic E-state index is 10.2. The zero-order valence-corrected chi connectivity index (χ0v) is 13.6. The van der Waals surface area contributed by atoms with Crippen LogP contribution in [0, 0.1) is 0 Å². The highest BCUT2D eigenvalue weighted by atomic mass is 31.2. The normalized spacial score (nSPS) is 11.9. The summed E-state index contributed by atoms with van der Waals surface area (Å²) in [6.07, 6.45) is 9.72. The predicted octanol–water partition coefficient (Wildman–Crippen LogP) is 4.75. The molecule has 0 aliphatic rings. The zero-order valence-electron chi connectivity index (χ0n) is 12.7. The van der Waals surface area contributed by atoms with Crippen molar-refractivity contribution in [3.05, 3.63) is 29.8 Å². The van der Waals surface area contributed by atoms with Crippen molar-refractivity contribution in [3.8, 4) is 5.75 Å². The summed E-state index contributed by atoms with van der Waals surface area (Å²) in [4.78, 5) is 19.6. The Kier molecular flexibility index (Phi) is 9.84. The Bertz CT molecular complexity index is 398. The van der Waals surface area contributed by atoms with E-state index in [0.29, 0.717) is 5.75 Å². The van der Waals surface area contributed by atoms with Crippen molar-refractivity contribution >= 4 is 15.1 Å². The van der Waals surface area contributed by atoms with Crippen molar-refractivity contribution in [2.45, 2.75) is 58.3 Å². The van der Waals surface area contributed by atoms with Gasteiger partial charge in [-0.1, -0.05) is 63.6 Å². The Morgan fingerprint density at radius 2 is 1.76 bits per heavy atom. The van der Waals surface area contributed by atoms with Gasteiger partial charge in [0.1, 0.15) is 5.75 Å². The average Bonchev–Trinajstić information content (AvgIpc) is 2.48. The summed E-state index contributed by atoms with van der Waals surface area (Å²) in [6, 6.07) is 7.56. The van der Waals surface area contributed by atoms with E-state index in [9.17, 15) is 9.69 Å². The lowest BCUT2D eigenvalue weighted by molar-refractivity contribution is -0.121. The number of unbranched alkanes of at least 4 members (excludes halogenated alkanes) is 6. The number of aryl methyl sites for hydroxylation is 1. The van der Waals surface area contributed by atoms with Gasteiger partial charge in [-0.2, -0.15) is 0 Å². The number of carbonyl (C=O) groups excluding carboxylic acids is 1. The minimum atomic E-state index is -2.17. The second kappa shape index (κ2) is 11.5. The van der Waals surface area contributed by atoms with Gasteiger partial charge in [0.2, 0.25) is 0 Å². The molecule has 0 bridgehead atoms. The zero-order chi connectivity index (χ0) is 15.3. The van der Waals surface area contributed by atoms with E-state index in [-0.39, 0.29) is 6.47 Å². The third-order valence-electron chi connectivity index (χ3n) is 3.33. The van der Waals surface area contributed by atoms with E-state index in [1.807, 2.05) is 18.2 Å². The maximum Gasteiger partial charge on any atom is 0.462 e. The first-order chi connectivity index (χ1) is 10.3. The van der Waals surface area contributed by atoms with Gasteiger partial charge in [0, 0.05) is 0 Å². The molecule has 0 heterocycles. The average molecular weight is 312 g/mol. The minimum Gasteiger partial charge on any atom is -0.418 e. The number of hydrogen-bond donors (Lipinski definition) is 1. The predicted molar refractivity (Wildman–Crippen MR) is 85.1 cm³/mol. The van der Waals surface area contributed by atoms with Crippen LogP contribution >= 0.6 is 8.60 Å². The Hall–Kier alpha value is -1.12. The summed E-state index contributed by atoms with van der Waals surface area (Å²) in [7, 11) is -2.17. The molecule has 1 rings (SSSR count). The summed E-state index contributed by atoms with van der Waals surface area (Å²) < 4.78 is 9.66. The van der Waals surface area contributed by atoms with E-state index >= 15 is 0 Å². The van der Waals surface area contributed by atoms with Gasteiger partial charge in [-0.05, 0) is 24.5 Å². The number of benzene rings is 1. The summed E-state index contributed by atoms with van der Waals surface area (Å²) in [5, 5.41) is 0. The molecular weight excluding hydrogens is 287 g/mol. The fraction of sp³-hybridized carbons (Fsp3) is 0.562. The van der Waals surface area contributed by atoms with Gasteiger partial charge in [0.25, 0.3) is 6.47 Å². The van der Waals surface area contributed by atoms with Crippen LogP contribution in [0.2, 0.25) is 0 Å². The van der Waals surface area contributed by atoms with Crippen LogP contribution in [0.15, 0.2) is 24.3 Å². The van der Waals surface area contributed by atoms with Crippen LogP contribution in [0.25, 0.3) is 0 Å². The highest BCUT2D eigenvalue weighted by molar-refractivity contribution is 7.41. The maximum atomic E-state index is 10.2. The van der Waals surface area contributed by atoms with Crippen LogP contribution in [0.1, 0.15) is 57.4 Å². The molecule has 0 saturated heterocycles. The Morgan fingerprint density at radius 1 is 1.10 bits per heavy atom. The summed E-state index contributed by atoms with van der Waals surface area (Å²) in [6.45, 7) is 2.42. The van der Waals surface area contributed by atoms with Gasteiger partial charge in [-0.15, -0.1) is 0 Å². The van der Waals surface area contributed by atoms with Crippen LogP contribution in [-0.2, 0) is 15.7 Å². The van der Waals surface area contributed by atoms with Crippen molar-refractivity contribution in [2.24, 2.45) is 0 Å². The second-order valence-corrected chi connectivity index (χ2v) is 5.88. The summed E-state index contributed by atoms with van der Waals surface area (Å²) >= 11 is 0. The monoisotopic (exact) mass is 312 g/mol. The topological polar surface area (TPSA) is 55.8 Å². The smallest absolute Gasteiger partial charge is 0.418 e. The quantitative estimate of drug-likeness (QED) is 0.344. The van der Waals surface area contributed by atoms with Crippen molar-refractivity contribution in [1.82, 2.24) is 0 Å². The second-order valence-electron chi connectivity index (χ2n) is 5.01. The molecular formula is C16H25O4P. The van der Waals surface area contributed by atoms with Crippen LogP contribution in [0.5, 0.6) is 5.75 Å². The molecule has 0 aliphatic heterocycles. The molecule has 1 N–H and O–H groups in total. The highest BCUT2D eigenvalue weighted by Gasteiger charge is 2.12. The molecule has 0 radical (unpaired) electrons. The lowest BCUT2D eigenvalue weighted by atomic mass is 10.0. The highest BCUT2D eigenvalue weighted by Crippen LogP contribution is 2.36. The Balaban J connectivity index is 2.32. The van der Waals surface area contributed by atoms with E-state index in [1.165, 1.54) is 38.5 Å². The van der Waals surface area contributed by atoms with Gasteiger partial charge in [0.05, 0.1) is 0 Å². The number of para-hydroxylation sites is 1. The molecule has 1 aromatic rings. The summed E-state index contributed by atoms with van der Waals surface area (Å²) in [5.74, 6) is 0.596. The van der Waals surface area contributed by atoms with Crippen LogP contribution < -0.4 is 4.52 Å². The van der Waals surface area contributed by atoms with Crippen molar-refractivity contribution < 1.29 is 18.7 Å². The molecule has 0 aromatic heterocycles. The number of rotatable bonds is 12. The first kappa shape index (κ1) is 17.9. The van der Waals surface area contributed by atoms with Gasteiger partial charge in [0.15, 0.2) is 0 Å². The molecule has 118 valence electrons. The third kappa shape index (κ3) is 8.03. The lowest BCUT2D eigenvalue weighted by Gasteiger charge is -2.12. The molecule has 0 aliphatic carbocycles. The van der Waals surface area contributed by atoms with Gasteiger partial charge in [-0.25, -0.2) is 0 Å². The van der Waals surface area contributed by atoms with E-state index in [1.54, 1.807) is 6.07 Å². The molecule has 1 aromatic carbocycles. The van der Waals surface area contributed by atoms with Crippen LogP contribution in [0.3, 0.4) is 0 Å². The molecule has 0 fully saturated rings. The number of carbonyl (C=O) groups is 1. The summed E-state index contributed by atoms with van der Waals surface area (Å²) in [5.41, 5.74) is 1.04. The molecule has 0 saturated carbocycles. The Labute approximate surface area is 128 Å². The number of hydrogen-bond acceptors (Lipinski definition) is 4. The SMILES string of the molecule is CCCCCCCCCc1ccccc1OP(O)OC=O. The molecule has 0 amide bonds. The van der Waals surface area contributed by atoms with Crippen LogP contribution in [0.4, 0.5) is 0 Å². The fourth-order valence-electron chi connectivity index (χ4n) is 2.21. The van der Waals surface area contributed by atoms with Gasteiger partial charge < -0.3 is 13.9 Å². The molecule has 1 atom stereocenters. The molecule has 21 heavy (non-hydrogen) atoms. The molecule has 1 unspecified atom stereocenters. The minimum absolute atomic E-state index is 0.199. The molecule has 0 spiro atoms. The molecule has 5 heteroatoms. The van der Waals surface area contributed by atoms with E-state index < -0.39 is 8.60 Å². The van der Waals surface area contributed by atoms with Gasteiger partial charge in [-0.3, -0.25) is 4.79 Å². The van der Waals surface area contributed by atoms with E-state index in [0.717, 1.165) is 18.4 Å². The van der Waals surface area contributed by atoms with Crippen molar-refractivity contribution in [3.63, 3.8) is 0 Å². The first-order valence-electron chi connectivity index (χ1n) is 7.63. The largest absolute Gasteiger partial charge is 0.462 e. The van der Waals surface area contributed by atoms with Crippen LogP contribution in [-0.4, -0.2) is 11.4 Å². The Morgan fingerprint density at radius 3 is 2.48 bits per heavy atom. The van der Waals surface area contributed by atoms with Crippen molar-refractivity contribution in [2.75, 3.05) is 0 Å². The fourth-order valence-corrected chi connectivity index (χ4v) is 2.68. The first-order valence-corrected chi connectivity index (χ1v) is 8.76. The van der Waals surface area contributed by atoms with Gasteiger partial charge >= 0.3 is 8.60 Å². The van der Waals surface area contributed by atoms with E-state index in [4.69, 9.17) is 4.52 Å². The standard InChI is InChI=1S/C16H25O4P/c1-2-3-4-5-6-7-8-11-15-12-9-10-13-16(15)20-21(18)19-14-17/h9-10,12-14,18H,2-8,11H2,1H3.